The maximum Gasteiger partial charge on any atom is 0.415 e. The van der Waals surface area contributed by atoms with Crippen molar-refractivity contribution in [3.63, 3.8) is 0 Å². The van der Waals surface area contributed by atoms with Crippen LogP contribution in [-0.2, 0) is 0 Å². The Morgan fingerprint density at radius 1 is 1.29 bits per heavy atom. The third-order valence-electron chi connectivity index (χ3n) is 2.91. The fourth-order valence-corrected chi connectivity index (χ4v) is 1.97. The van der Waals surface area contributed by atoms with E-state index in [9.17, 15) is 4.79 Å². The van der Waals surface area contributed by atoms with Crippen LogP contribution in [0.4, 0.5) is 4.79 Å². The van der Waals surface area contributed by atoms with Crippen molar-refractivity contribution < 1.29 is 9.53 Å². The molecule has 0 atom stereocenters. The van der Waals surface area contributed by atoms with Crippen molar-refractivity contribution in [2.24, 2.45) is 0 Å². The lowest BCUT2D eigenvalue weighted by atomic mass is 10.1. The fraction of sp³-hybridized carbons (Fsp3) is 0.357. The number of amides is 1. The van der Waals surface area contributed by atoms with E-state index in [1.54, 1.807) is 11.0 Å². The van der Waals surface area contributed by atoms with Crippen LogP contribution in [0.25, 0.3) is 5.57 Å². The Labute approximate surface area is 102 Å². The number of ether oxygens (including phenoxy) is 1. The predicted octanol–water partition coefficient (Wildman–Crippen LogP) is 3.31. The number of hydrogen-bond acceptors (Lipinski definition) is 2. The van der Waals surface area contributed by atoms with Gasteiger partial charge in [0.25, 0.3) is 0 Å². The van der Waals surface area contributed by atoms with Gasteiger partial charge < -0.3 is 9.64 Å². The highest BCUT2D eigenvalue weighted by Crippen LogP contribution is 2.25. The van der Waals surface area contributed by atoms with Crippen molar-refractivity contribution in [1.29, 1.82) is 0 Å². The molecular formula is C14H17NO2. The summed E-state index contributed by atoms with van der Waals surface area (Å²) in [5.74, 6) is 0.594. The smallest absolute Gasteiger partial charge is 0.410 e. The highest BCUT2D eigenvalue weighted by molar-refractivity contribution is 5.75. The summed E-state index contributed by atoms with van der Waals surface area (Å²) < 4.78 is 5.42. The zero-order valence-corrected chi connectivity index (χ0v) is 10.1. The lowest BCUT2D eigenvalue weighted by Gasteiger charge is -2.16. The molecule has 1 aliphatic heterocycles. The van der Waals surface area contributed by atoms with Gasteiger partial charge in [0.05, 0.1) is 0 Å². The van der Waals surface area contributed by atoms with Crippen LogP contribution in [0.1, 0.15) is 25.3 Å². The molecule has 1 amide bonds. The van der Waals surface area contributed by atoms with E-state index in [4.69, 9.17) is 4.74 Å². The zero-order chi connectivity index (χ0) is 12.3. The van der Waals surface area contributed by atoms with Crippen molar-refractivity contribution in [3.8, 4) is 5.75 Å². The molecule has 1 fully saturated rings. The van der Waals surface area contributed by atoms with Gasteiger partial charge in [-0.25, -0.2) is 4.79 Å². The summed E-state index contributed by atoms with van der Waals surface area (Å²) in [6.07, 6.45) is 1.88. The van der Waals surface area contributed by atoms with Crippen LogP contribution in [0.5, 0.6) is 5.75 Å². The van der Waals surface area contributed by atoms with E-state index in [-0.39, 0.29) is 6.09 Å². The SMILES string of the molecule is C=C(C)c1ccccc1OC(=O)N1CCCC1. The van der Waals surface area contributed by atoms with Gasteiger partial charge in [-0.15, -0.1) is 0 Å². The average molecular weight is 231 g/mol. The Hall–Kier alpha value is -1.77. The molecule has 0 bridgehead atoms. The summed E-state index contributed by atoms with van der Waals surface area (Å²) in [5.41, 5.74) is 1.79. The van der Waals surface area contributed by atoms with Crippen LogP contribution in [0.2, 0.25) is 0 Å². The third-order valence-corrected chi connectivity index (χ3v) is 2.91. The molecule has 0 spiro atoms. The Morgan fingerprint density at radius 3 is 2.59 bits per heavy atom. The van der Waals surface area contributed by atoms with Crippen LogP contribution in [0.15, 0.2) is 30.8 Å². The number of likely N-dealkylation sites (tertiary alicyclic amines) is 1. The Balaban J connectivity index is 2.12. The fourth-order valence-electron chi connectivity index (χ4n) is 1.97. The molecule has 3 heteroatoms. The van der Waals surface area contributed by atoms with E-state index >= 15 is 0 Å². The maximum absolute atomic E-state index is 11.9. The molecule has 0 unspecified atom stereocenters. The van der Waals surface area contributed by atoms with Crippen molar-refractivity contribution in [3.05, 3.63) is 36.4 Å². The van der Waals surface area contributed by atoms with Crippen LogP contribution in [0, 0.1) is 0 Å². The summed E-state index contributed by atoms with van der Waals surface area (Å²) in [7, 11) is 0. The molecule has 0 radical (unpaired) electrons. The molecule has 90 valence electrons. The van der Waals surface area contributed by atoms with Crippen LogP contribution < -0.4 is 4.74 Å². The number of rotatable bonds is 2. The number of hydrogen-bond donors (Lipinski definition) is 0. The summed E-state index contributed by atoms with van der Waals surface area (Å²) >= 11 is 0. The van der Waals surface area contributed by atoms with Crippen LogP contribution >= 0.6 is 0 Å². The van der Waals surface area contributed by atoms with Gasteiger partial charge in [-0.3, -0.25) is 0 Å². The summed E-state index contributed by atoms with van der Waals surface area (Å²) in [4.78, 5) is 13.6. The molecule has 0 saturated carbocycles. The zero-order valence-electron chi connectivity index (χ0n) is 10.1. The number of carbonyl (C=O) groups is 1. The van der Waals surface area contributed by atoms with E-state index in [2.05, 4.69) is 6.58 Å². The van der Waals surface area contributed by atoms with Crippen molar-refractivity contribution >= 4 is 11.7 Å². The molecule has 1 aliphatic rings. The third kappa shape index (κ3) is 2.67. The minimum absolute atomic E-state index is 0.254. The molecule has 0 aliphatic carbocycles. The van der Waals surface area contributed by atoms with Gasteiger partial charge >= 0.3 is 6.09 Å². The number of para-hydroxylation sites is 1. The van der Waals surface area contributed by atoms with Crippen LogP contribution in [0.3, 0.4) is 0 Å². The van der Waals surface area contributed by atoms with Gasteiger partial charge in [0.1, 0.15) is 5.75 Å². The number of nitrogens with zero attached hydrogens (tertiary/aromatic N) is 1. The summed E-state index contributed by atoms with van der Waals surface area (Å²) in [6, 6.07) is 7.49. The second-order valence-electron chi connectivity index (χ2n) is 4.34. The largest absolute Gasteiger partial charge is 0.415 e. The monoisotopic (exact) mass is 231 g/mol. The Bertz CT molecular complexity index is 434. The van der Waals surface area contributed by atoms with E-state index in [1.807, 2.05) is 25.1 Å². The standard InChI is InChI=1S/C14H17NO2/c1-11(2)12-7-3-4-8-13(12)17-14(16)15-9-5-6-10-15/h3-4,7-8H,1,5-6,9-10H2,2H3. The van der Waals surface area contributed by atoms with E-state index in [1.165, 1.54) is 0 Å². The summed E-state index contributed by atoms with van der Waals surface area (Å²) in [5, 5.41) is 0. The van der Waals surface area contributed by atoms with Gasteiger partial charge in [0.2, 0.25) is 0 Å². The van der Waals surface area contributed by atoms with Gasteiger partial charge in [0, 0.05) is 18.7 Å². The van der Waals surface area contributed by atoms with E-state index in [0.717, 1.165) is 37.1 Å². The van der Waals surface area contributed by atoms with Crippen molar-refractivity contribution in [1.82, 2.24) is 4.90 Å². The molecule has 1 saturated heterocycles. The minimum atomic E-state index is -0.254. The molecule has 2 rings (SSSR count). The lowest BCUT2D eigenvalue weighted by molar-refractivity contribution is 0.162. The second kappa shape index (κ2) is 5.04. The molecule has 1 aromatic rings. The molecular weight excluding hydrogens is 214 g/mol. The maximum atomic E-state index is 11.9. The van der Waals surface area contributed by atoms with Gasteiger partial charge in [0.15, 0.2) is 0 Å². The first-order valence-corrected chi connectivity index (χ1v) is 5.90. The Kier molecular flexibility index (Phi) is 3.47. The normalized spacial score (nSPS) is 14.8. The first-order chi connectivity index (χ1) is 8.18. The molecule has 17 heavy (non-hydrogen) atoms. The number of carbonyl (C=O) groups excluding carboxylic acids is 1. The molecule has 1 heterocycles. The number of allylic oxidation sites excluding steroid dienone is 1. The Morgan fingerprint density at radius 2 is 1.94 bits per heavy atom. The molecule has 0 aromatic heterocycles. The molecule has 3 nitrogen and oxygen atoms in total. The minimum Gasteiger partial charge on any atom is -0.410 e. The highest BCUT2D eigenvalue weighted by atomic mass is 16.6. The quantitative estimate of drug-likeness (QED) is 0.781. The van der Waals surface area contributed by atoms with Gasteiger partial charge in [-0.05, 0) is 31.4 Å². The van der Waals surface area contributed by atoms with E-state index < -0.39 is 0 Å². The summed E-state index contributed by atoms with van der Waals surface area (Å²) in [6.45, 7) is 7.39. The topological polar surface area (TPSA) is 29.5 Å². The van der Waals surface area contributed by atoms with E-state index in [0.29, 0.717) is 5.75 Å². The average Bonchev–Trinajstić information content (AvgIpc) is 2.83. The molecule has 1 aromatic carbocycles. The number of benzene rings is 1. The van der Waals surface area contributed by atoms with Gasteiger partial charge in [-0.1, -0.05) is 24.8 Å². The van der Waals surface area contributed by atoms with Crippen LogP contribution in [-0.4, -0.2) is 24.1 Å². The second-order valence-corrected chi connectivity index (χ2v) is 4.34. The van der Waals surface area contributed by atoms with Crippen molar-refractivity contribution in [2.75, 3.05) is 13.1 Å². The lowest BCUT2D eigenvalue weighted by Crippen LogP contribution is -2.30. The first kappa shape index (κ1) is 11.7. The highest BCUT2D eigenvalue weighted by Gasteiger charge is 2.20. The van der Waals surface area contributed by atoms with Gasteiger partial charge in [-0.2, -0.15) is 0 Å². The molecule has 0 N–H and O–H groups in total. The van der Waals surface area contributed by atoms with Crippen molar-refractivity contribution in [2.45, 2.75) is 19.8 Å². The predicted molar refractivity (Wildman–Crippen MR) is 68.0 cm³/mol. The first-order valence-electron chi connectivity index (χ1n) is 5.90.